The van der Waals surface area contributed by atoms with Crippen molar-refractivity contribution < 1.29 is 23.8 Å². The van der Waals surface area contributed by atoms with E-state index in [1.54, 1.807) is 35.2 Å². The number of aryl methyl sites for hydroxylation is 2. The Bertz CT molecular complexity index is 1400. The Balaban J connectivity index is 1.36. The van der Waals surface area contributed by atoms with E-state index >= 15 is 0 Å². The Kier molecular flexibility index (Phi) is 6.67. The fourth-order valence-electron chi connectivity index (χ4n) is 4.01. The molecule has 10 heteroatoms. The van der Waals surface area contributed by atoms with Crippen molar-refractivity contribution in [2.75, 3.05) is 6.61 Å². The van der Waals surface area contributed by atoms with Crippen LogP contribution in [0.1, 0.15) is 44.5 Å². The highest BCUT2D eigenvalue weighted by molar-refractivity contribution is 6.33. The van der Waals surface area contributed by atoms with Crippen molar-refractivity contribution in [3.63, 3.8) is 0 Å². The van der Waals surface area contributed by atoms with E-state index < -0.39 is 30.4 Å². The van der Waals surface area contributed by atoms with Crippen LogP contribution in [0.3, 0.4) is 0 Å². The summed E-state index contributed by atoms with van der Waals surface area (Å²) in [6, 6.07) is 14.2. The van der Waals surface area contributed by atoms with Crippen LogP contribution in [0.15, 0.2) is 61.2 Å². The average Bonchev–Trinajstić information content (AvgIpc) is 3.48. The molecule has 0 spiro atoms. The van der Waals surface area contributed by atoms with E-state index in [1.165, 1.54) is 6.33 Å². The lowest BCUT2D eigenvalue weighted by atomic mass is 10.1. The van der Waals surface area contributed by atoms with Crippen molar-refractivity contribution in [2.24, 2.45) is 0 Å². The molecule has 1 aliphatic rings. The summed E-state index contributed by atoms with van der Waals surface area (Å²) in [4.78, 5) is 37.9. The molecular weight excluding hydrogens is 484 g/mol. The molecule has 2 aromatic carbocycles. The minimum absolute atomic E-state index is 0.0998. The molecule has 5 rings (SSSR count). The van der Waals surface area contributed by atoms with E-state index in [1.807, 2.05) is 38.1 Å². The first-order valence-electron chi connectivity index (χ1n) is 11.4. The van der Waals surface area contributed by atoms with Crippen LogP contribution >= 0.6 is 11.6 Å². The number of carbonyl (C=O) groups is 2. The van der Waals surface area contributed by atoms with Crippen molar-refractivity contribution in [3.05, 3.63) is 88.6 Å². The van der Waals surface area contributed by atoms with Gasteiger partial charge < -0.3 is 14.2 Å². The summed E-state index contributed by atoms with van der Waals surface area (Å²) in [6.07, 6.45) is 1.25. The summed E-state index contributed by atoms with van der Waals surface area (Å²) in [5, 5.41) is 0.225. The number of carbonyl (C=O) groups excluding carboxylic acids is 2. The molecule has 184 valence electrons. The molecule has 0 aliphatic carbocycles. The van der Waals surface area contributed by atoms with Crippen LogP contribution in [0, 0.1) is 13.8 Å². The number of halogens is 1. The maximum atomic E-state index is 12.9. The van der Waals surface area contributed by atoms with Gasteiger partial charge in [-0.05, 0) is 38.1 Å². The first kappa shape index (κ1) is 23.9. The van der Waals surface area contributed by atoms with Crippen molar-refractivity contribution in [1.29, 1.82) is 0 Å². The zero-order valence-electron chi connectivity index (χ0n) is 19.6. The number of ether oxygens (including phenoxy) is 3. The van der Waals surface area contributed by atoms with Crippen molar-refractivity contribution in [1.82, 2.24) is 19.5 Å². The zero-order chi connectivity index (χ0) is 25.2. The number of nitrogens with zero attached hydrogens (tertiary/aromatic N) is 4. The maximum Gasteiger partial charge on any atom is 0.338 e. The number of benzene rings is 2. The topological polar surface area (TPSA) is 105 Å². The summed E-state index contributed by atoms with van der Waals surface area (Å²) >= 11 is 6.14. The number of rotatable bonds is 6. The molecule has 0 saturated carbocycles. The van der Waals surface area contributed by atoms with Gasteiger partial charge in [-0.2, -0.15) is 0 Å². The summed E-state index contributed by atoms with van der Waals surface area (Å²) in [5.41, 5.74) is 3.84. The summed E-state index contributed by atoms with van der Waals surface area (Å²) in [7, 11) is 0. The normalized spacial score (nSPS) is 19.4. The van der Waals surface area contributed by atoms with E-state index in [2.05, 4.69) is 15.0 Å². The number of hydrogen-bond donors (Lipinski definition) is 0. The molecular formula is C26H23ClN4O5. The Morgan fingerprint density at radius 1 is 0.972 bits per heavy atom. The van der Waals surface area contributed by atoms with Gasteiger partial charge in [0.05, 0.1) is 17.5 Å². The van der Waals surface area contributed by atoms with Gasteiger partial charge in [-0.25, -0.2) is 24.5 Å². The molecule has 4 aromatic rings. The molecule has 2 aromatic heterocycles. The standard InChI is InChI=1S/C26H23ClN4O5/c1-15-3-7-17(8-4-15)25(32)34-12-20-19(36-26(33)18-9-5-16(2)6-10-18)11-21(35-20)31-14-30-22-23(27)28-13-29-24(22)31/h3-10,13-14,19-21H,11-12H2,1-2H3. The molecule has 3 heterocycles. The summed E-state index contributed by atoms with van der Waals surface area (Å²) in [5.74, 6) is -0.974. The molecule has 1 aliphatic heterocycles. The second-order valence-corrected chi connectivity index (χ2v) is 8.99. The minimum Gasteiger partial charge on any atom is -0.459 e. The predicted molar refractivity (Wildman–Crippen MR) is 131 cm³/mol. The fourth-order valence-corrected chi connectivity index (χ4v) is 4.18. The lowest BCUT2D eigenvalue weighted by Crippen LogP contribution is -2.32. The highest BCUT2D eigenvalue weighted by atomic mass is 35.5. The molecule has 1 fully saturated rings. The lowest BCUT2D eigenvalue weighted by Gasteiger charge is -2.19. The summed E-state index contributed by atoms with van der Waals surface area (Å²) in [6.45, 7) is 3.78. The molecule has 0 bridgehead atoms. The smallest absolute Gasteiger partial charge is 0.338 e. The highest BCUT2D eigenvalue weighted by Crippen LogP contribution is 2.34. The van der Waals surface area contributed by atoms with E-state index in [0.29, 0.717) is 28.7 Å². The quantitative estimate of drug-likeness (QED) is 0.278. The molecule has 3 atom stereocenters. The van der Waals surface area contributed by atoms with Gasteiger partial charge in [0, 0.05) is 6.42 Å². The number of imidazole rings is 1. The first-order chi connectivity index (χ1) is 17.4. The van der Waals surface area contributed by atoms with E-state index in [9.17, 15) is 9.59 Å². The van der Waals surface area contributed by atoms with Gasteiger partial charge in [-0.3, -0.25) is 4.57 Å². The van der Waals surface area contributed by atoms with Crippen LogP contribution < -0.4 is 0 Å². The number of esters is 2. The maximum absolute atomic E-state index is 12.9. The average molecular weight is 507 g/mol. The van der Waals surface area contributed by atoms with Gasteiger partial charge in [0.25, 0.3) is 0 Å². The molecule has 1 saturated heterocycles. The van der Waals surface area contributed by atoms with Gasteiger partial charge in [-0.1, -0.05) is 47.0 Å². The summed E-state index contributed by atoms with van der Waals surface area (Å²) < 4.78 is 19.2. The third-order valence-electron chi connectivity index (χ3n) is 6.02. The van der Waals surface area contributed by atoms with Crippen LogP contribution in [0.4, 0.5) is 0 Å². The van der Waals surface area contributed by atoms with Crippen molar-refractivity contribution in [2.45, 2.75) is 38.7 Å². The number of aromatic nitrogens is 4. The Morgan fingerprint density at radius 3 is 2.28 bits per heavy atom. The molecule has 36 heavy (non-hydrogen) atoms. The van der Waals surface area contributed by atoms with Crippen LogP contribution in [-0.2, 0) is 14.2 Å². The zero-order valence-corrected chi connectivity index (χ0v) is 20.4. The molecule has 0 N–H and O–H groups in total. The molecule has 0 amide bonds. The monoisotopic (exact) mass is 506 g/mol. The predicted octanol–water partition coefficient (Wildman–Crippen LogP) is 4.47. The molecule has 3 unspecified atom stereocenters. The van der Waals surface area contributed by atoms with Gasteiger partial charge in [0.2, 0.25) is 0 Å². The second kappa shape index (κ2) is 10.0. The second-order valence-electron chi connectivity index (χ2n) is 8.63. The largest absolute Gasteiger partial charge is 0.459 e. The molecule has 9 nitrogen and oxygen atoms in total. The van der Waals surface area contributed by atoms with Gasteiger partial charge in [0.15, 0.2) is 10.8 Å². The van der Waals surface area contributed by atoms with Gasteiger partial charge in [0.1, 0.15) is 36.9 Å². The van der Waals surface area contributed by atoms with Gasteiger partial charge >= 0.3 is 11.9 Å². The fraction of sp³-hybridized carbons (Fsp3) is 0.269. The Morgan fingerprint density at radius 2 is 1.61 bits per heavy atom. The van der Waals surface area contributed by atoms with Crippen LogP contribution in [0.25, 0.3) is 11.2 Å². The Hall–Kier alpha value is -3.82. The van der Waals surface area contributed by atoms with Crippen molar-refractivity contribution in [3.8, 4) is 0 Å². The van der Waals surface area contributed by atoms with Crippen LogP contribution in [0.2, 0.25) is 5.15 Å². The first-order valence-corrected chi connectivity index (χ1v) is 11.8. The van der Waals surface area contributed by atoms with E-state index in [4.69, 9.17) is 25.8 Å². The third kappa shape index (κ3) is 4.93. The third-order valence-corrected chi connectivity index (χ3v) is 6.29. The van der Waals surface area contributed by atoms with Gasteiger partial charge in [-0.15, -0.1) is 0 Å². The minimum atomic E-state index is -0.700. The van der Waals surface area contributed by atoms with Crippen molar-refractivity contribution >= 4 is 34.7 Å². The van der Waals surface area contributed by atoms with E-state index in [0.717, 1.165) is 11.1 Å². The lowest BCUT2D eigenvalue weighted by molar-refractivity contribution is -0.0563. The van der Waals surface area contributed by atoms with E-state index in [-0.39, 0.29) is 11.8 Å². The SMILES string of the molecule is Cc1ccc(C(=O)OCC2OC(n3cnc4c(Cl)ncnc43)CC2OC(=O)c2ccc(C)cc2)cc1. The highest BCUT2D eigenvalue weighted by Gasteiger charge is 2.40. The number of fused-ring (bicyclic) bond motifs is 1. The molecule has 0 radical (unpaired) electrons. The van der Waals surface area contributed by atoms with Crippen LogP contribution in [-0.4, -0.2) is 50.3 Å². The Labute approximate surface area is 212 Å². The van der Waals surface area contributed by atoms with Crippen LogP contribution in [0.5, 0.6) is 0 Å². The number of hydrogen-bond acceptors (Lipinski definition) is 8.